The highest BCUT2D eigenvalue weighted by Gasteiger charge is 2.36. The molecule has 0 bridgehead atoms. The van der Waals surface area contributed by atoms with E-state index >= 15 is 0 Å². The third-order valence-electron chi connectivity index (χ3n) is 2.80. The maximum Gasteiger partial charge on any atom is 0.227 e. The minimum atomic E-state index is -0.874. The summed E-state index contributed by atoms with van der Waals surface area (Å²) >= 11 is 3.40. The van der Waals surface area contributed by atoms with E-state index in [1.54, 1.807) is 0 Å². The van der Waals surface area contributed by atoms with Crippen LogP contribution >= 0.6 is 15.9 Å². The number of halogens is 1. The summed E-state index contributed by atoms with van der Waals surface area (Å²) in [6.45, 7) is 2.95. The van der Waals surface area contributed by atoms with E-state index in [4.69, 9.17) is 0 Å². The molecule has 0 spiro atoms. The Bertz CT molecular complexity index is 444. The van der Waals surface area contributed by atoms with E-state index in [0.717, 1.165) is 15.7 Å². The lowest BCUT2D eigenvalue weighted by Crippen LogP contribution is -2.60. The lowest BCUT2D eigenvalue weighted by molar-refractivity contribution is -0.123. The first kappa shape index (κ1) is 12.5. The fraction of sp³-hybridized carbons (Fsp3) is 0.417. The van der Waals surface area contributed by atoms with Crippen LogP contribution in [0.25, 0.3) is 0 Å². The topological polar surface area (TPSA) is 61.4 Å². The normalized spacial score (nSPS) is 17.4. The van der Waals surface area contributed by atoms with Gasteiger partial charge in [-0.3, -0.25) is 4.79 Å². The van der Waals surface area contributed by atoms with Crippen molar-refractivity contribution in [3.05, 3.63) is 28.2 Å². The van der Waals surface area contributed by atoms with Gasteiger partial charge in [-0.05, 0) is 40.5 Å². The minimum absolute atomic E-state index is 0.125. The molecule has 0 atom stereocenters. The Kier molecular flexibility index (Phi) is 3.51. The van der Waals surface area contributed by atoms with Crippen molar-refractivity contribution in [1.82, 2.24) is 5.32 Å². The molecule has 1 aliphatic rings. The molecule has 1 saturated heterocycles. The SMILES string of the molecule is Cc1ccc(NC(=O)CC2(O)CNC2)c(Br)c1. The number of amides is 1. The summed E-state index contributed by atoms with van der Waals surface area (Å²) in [6.07, 6.45) is 0.125. The molecule has 17 heavy (non-hydrogen) atoms. The van der Waals surface area contributed by atoms with Crippen LogP contribution in [0.2, 0.25) is 0 Å². The highest BCUT2D eigenvalue weighted by atomic mass is 79.9. The second-order valence-corrected chi connectivity index (χ2v) is 5.39. The lowest BCUT2D eigenvalue weighted by Gasteiger charge is -2.36. The van der Waals surface area contributed by atoms with Crippen LogP contribution in [0.5, 0.6) is 0 Å². The van der Waals surface area contributed by atoms with E-state index in [1.807, 2.05) is 25.1 Å². The summed E-state index contributed by atoms with van der Waals surface area (Å²) in [6, 6.07) is 5.72. The molecule has 2 rings (SSSR count). The lowest BCUT2D eigenvalue weighted by atomic mass is 9.93. The van der Waals surface area contributed by atoms with Crippen LogP contribution in [0.4, 0.5) is 5.69 Å². The van der Waals surface area contributed by atoms with Crippen LogP contribution in [-0.4, -0.2) is 29.7 Å². The zero-order valence-corrected chi connectivity index (χ0v) is 11.2. The first-order chi connectivity index (χ1) is 7.98. The molecule has 1 aliphatic heterocycles. The average Bonchev–Trinajstić information content (AvgIpc) is 2.20. The summed E-state index contributed by atoms with van der Waals surface area (Å²) in [5.74, 6) is -0.168. The average molecular weight is 299 g/mol. The number of aliphatic hydroxyl groups is 1. The van der Waals surface area contributed by atoms with Gasteiger partial charge >= 0.3 is 0 Å². The number of hydrogen-bond acceptors (Lipinski definition) is 3. The predicted molar refractivity (Wildman–Crippen MR) is 69.9 cm³/mol. The molecule has 0 radical (unpaired) electrons. The molecule has 1 aromatic rings. The first-order valence-corrected chi connectivity index (χ1v) is 6.27. The van der Waals surface area contributed by atoms with Gasteiger partial charge in [-0.25, -0.2) is 0 Å². The van der Waals surface area contributed by atoms with E-state index in [0.29, 0.717) is 13.1 Å². The van der Waals surface area contributed by atoms with E-state index in [-0.39, 0.29) is 12.3 Å². The minimum Gasteiger partial charge on any atom is -0.387 e. The molecule has 5 heteroatoms. The second-order valence-electron chi connectivity index (χ2n) is 4.54. The third kappa shape index (κ3) is 3.06. The van der Waals surface area contributed by atoms with Gasteiger partial charge in [0.15, 0.2) is 0 Å². The van der Waals surface area contributed by atoms with Gasteiger partial charge in [0, 0.05) is 17.6 Å². The van der Waals surface area contributed by atoms with Gasteiger partial charge in [0.1, 0.15) is 0 Å². The molecular formula is C12H15BrN2O2. The zero-order valence-electron chi connectivity index (χ0n) is 9.59. The van der Waals surface area contributed by atoms with Gasteiger partial charge in [0.05, 0.1) is 17.7 Å². The Hall–Kier alpha value is -0.910. The highest BCUT2D eigenvalue weighted by molar-refractivity contribution is 9.10. The van der Waals surface area contributed by atoms with Gasteiger partial charge in [0.25, 0.3) is 0 Å². The molecule has 0 aliphatic carbocycles. The van der Waals surface area contributed by atoms with Crippen molar-refractivity contribution in [2.24, 2.45) is 0 Å². The Morgan fingerprint density at radius 1 is 1.59 bits per heavy atom. The fourth-order valence-corrected chi connectivity index (χ4v) is 2.35. The van der Waals surface area contributed by atoms with Crippen molar-refractivity contribution in [1.29, 1.82) is 0 Å². The van der Waals surface area contributed by atoms with Crippen LogP contribution in [0.3, 0.4) is 0 Å². The quantitative estimate of drug-likeness (QED) is 0.791. The Labute approximate surface area is 109 Å². The van der Waals surface area contributed by atoms with Crippen molar-refractivity contribution >= 4 is 27.5 Å². The van der Waals surface area contributed by atoms with E-state index in [9.17, 15) is 9.90 Å². The monoisotopic (exact) mass is 298 g/mol. The number of carbonyl (C=O) groups is 1. The summed E-state index contributed by atoms with van der Waals surface area (Å²) in [7, 11) is 0. The predicted octanol–water partition coefficient (Wildman–Crippen LogP) is 1.42. The Balaban J connectivity index is 1.98. The number of hydrogen-bond donors (Lipinski definition) is 3. The Morgan fingerprint density at radius 3 is 2.82 bits per heavy atom. The van der Waals surface area contributed by atoms with Gasteiger partial charge in [-0.15, -0.1) is 0 Å². The summed E-state index contributed by atoms with van der Waals surface area (Å²) < 4.78 is 0.851. The van der Waals surface area contributed by atoms with E-state index < -0.39 is 5.60 Å². The number of β-amino-alcohol motifs (C(OH)–C–C–N with tert-alkyl or cyclic N) is 1. The molecule has 0 unspecified atom stereocenters. The van der Waals surface area contributed by atoms with Crippen LogP contribution in [0, 0.1) is 6.92 Å². The van der Waals surface area contributed by atoms with Crippen molar-refractivity contribution in [2.75, 3.05) is 18.4 Å². The molecular weight excluding hydrogens is 284 g/mol. The molecule has 92 valence electrons. The van der Waals surface area contributed by atoms with Crippen LogP contribution in [0.15, 0.2) is 22.7 Å². The second kappa shape index (κ2) is 4.76. The van der Waals surface area contributed by atoms with Crippen molar-refractivity contribution in [3.8, 4) is 0 Å². The Morgan fingerprint density at radius 2 is 2.29 bits per heavy atom. The molecule has 0 aromatic heterocycles. The highest BCUT2D eigenvalue weighted by Crippen LogP contribution is 2.24. The molecule has 4 nitrogen and oxygen atoms in total. The summed E-state index contributed by atoms with van der Waals surface area (Å²) in [5, 5.41) is 15.6. The molecule has 1 amide bonds. The first-order valence-electron chi connectivity index (χ1n) is 5.48. The van der Waals surface area contributed by atoms with Gasteiger partial charge in [-0.1, -0.05) is 6.07 Å². The molecule has 1 heterocycles. The van der Waals surface area contributed by atoms with E-state index in [2.05, 4.69) is 26.6 Å². The molecule has 1 aromatic carbocycles. The number of carbonyl (C=O) groups excluding carboxylic acids is 1. The van der Waals surface area contributed by atoms with Crippen LogP contribution in [0.1, 0.15) is 12.0 Å². The van der Waals surface area contributed by atoms with Crippen LogP contribution < -0.4 is 10.6 Å². The maximum atomic E-state index is 11.7. The van der Waals surface area contributed by atoms with Gasteiger partial charge < -0.3 is 15.7 Å². The summed E-state index contributed by atoms with van der Waals surface area (Å²) in [4.78, 5) is 11.7. The van der Waals surface area contributed by atoms with Crippen LogP contribution in [-0.2, 0) is 4.79 Å². The van der Waals surface area contributed by atoms with Gasteiger partial charge in [-0.2, -0.15) is 0 Å². The number of anilines is 1. The molecule has 0 saturated carbocycles. The molecule has 3 N–H and O–H groups in total. The number of benzene rings is 1. The number of aryl methyl sites for hydroxylation is 1. The van der Waals surface area contributed by atoms with Crippen molar-refractivity contribution in [2.45, 2.75) is 18.9 Å². The number of rotatable bonds is 3. The maximum absolute atomic E-state index is 11.7. The smallest absolute Gasteiger partial charge is 0.227 e. The standard InChI is InChI=1S/C12H15BrN2O2/c1-8-2-3-10(9(13)4-8)15-11(16)5-12(17)6-14-7-12/h2-4,14,17H,5-7H2,1H3,(H,15,16). The fourth-order valence-electron chi connectivity index (χ4n) is 1.75. The number of nitrogens with one attached hydrogen (secondary N) is 2. The zero-order chi connectivity index (χ0) is 12.5. The largest absolute Gasteiger partial charge is 0.387 e. The van der Waals surface area contributed by atoms with E-state index in [1.165, 1.54) is 0 Å². The third-order valence-corrected chi connectivity index (χ3v) is 3.45. The van der Waals surface area contributed by atoms with Crippen molar-refractivity contribution in [3.63, 3.8) is 0 Å². The summed E-state index contributed by atoms with van der Waals surface area (Å²) in [5.41, 5.74) is 0.981. The van der Waals surface area contributed by atoms with Crippen molar-refractivity contribution < 1.29 is 9.90 Å². The molecule has 1 fully saturated rings. The van der Waals surface area contributed by atoms with Gasteiger partial charge in [0.2, 0.25) is 5.91 Å².